The van der Waals surface area contributed by atoms with Gasteiger partial charge in [-0.25, -0.2) is 4.98 Å². The summed E-state index contributed by atoms with van der Waals surface area (Å²) in [6.07, 6.45) is 0.895. The molecular weight excluding hydrogens is 335 g/mol. The summed E-state index contributed by atoms with van der Waals surface area (Å²) in [4.78, 5) is 6.61. The quantitative estimate of drug-likeness (QED) is 0.790. The van der Waals surface area contributed by atoms with Crippen LogP contribution in [0, 0.1) is 0 Å². The van der Waals surface area contributed by atoms with Gasteiger partial charge in [0.05, 0.1) is 39.4 Å². The van der Waals surface area contributed by atoms with Crippen molar-refractivity contribution in [2.24, 2.45) is 5.73 Å². The molecule has 0 aliphatic carbocycles. The van der Waals surface area contributed by atoms with Gasteiger partial charge in [-0.2, -0.15) is 0 Å². The number of hydrogen-bond acceptors (Lipinski definition) is 5. The summed E-state index contributed by atoms with van der Waals surface area (Å²) < 4.78 is 0. The highest BCUT2D eigenvalue weighted by atomic mass is 35.5. The fourth-order valence-corrected chi connectivity index (χ4v) is 3.32. The Labute approximate surface area is 144 Å². The van der Waals surface area contributed by atoms with Crippen LogP contribution in [0.1, 0.15) is 12.1 Å². The van der Waals surface area contributed by atoms with Crippen LogP contribution in [0.5, 0.6) is 0 Å². The third-order valence-electron chi connectivity index (χ3n) is 4.01. The third-order valence-corrected chi connectivity index (χ3v) is 4.83. The molecule has 0 amide bonds. The van der Waals surface area contributed by atoms with Gasteiger partial charge in [-0.05, 0) is 18.6 Å². The Morgan fingerprint density at radius 3 is 2.78 bits per heavy atom. The monoisotopic (exact) mass is 352 g/mol. The summed E-state index contributed by atoms with van der Waals surface area (Å²) in [6, 6.07) is 7.21. The summed E-state index contributed by atoms with van der Waals surface area (Å²) >= 11 is 12.3. The zero-order valence-electron chi connectivity index (χ0n) is 12.5. The molecule has 1 aliphatic heterocycles. The lowest BCUT2D eigenvalue weighted by Crippen LogP contribution is -2.28. The minimum absolute atomic E-state index is 0.114. The fourth-order valence-electron chi connectivity index (χ4n) is 2.92. The van der Waals surface area contributed by atoms with Crippen molar-refractivity contribution in [3.05, 3.63) is 40.0 Å². The second kappa shape index (κ2) is 6.53. The van der Waals surface area contributed by atoms with Gasteiger partial charge in [0, 0.05) is 24.7 Å². The van der Waals surface area contributed by atoms with E-state index in [4.69, 9.17) is 34.7 Å². The molecule has 0 radical (unpaired) electrons. The van der Waals surface area contributed by atoms with Gasteiger partial charge < -0.3 is 21.5 Å². The standard InChI is InChI=1S/C16H18Cl2N4O/c17-11-3-1-2-10(15(11)18)13-6-12(20)16(14(8-23)21-13)22-5-4-9(19)7-22/h1-3,6,9,23H,4-5,7-8,19H2,(H2,20,21). The SMILES string of the molecule is Nc1cc(-c2cccc(Cl)c2Cl)nc(CO)c1N1CCC(N)C1. The summed E-state index contributed by atoms with van der Waals surface area (Å²) in [7, 11) is 0. The predicted octanol–water partition coefficient (Wildman–Crippen LogP) is 2.67. The van der Waals surface area contributed by atoms with Crippen molar-refractivity contribution in [3.63, 3.8) is 0 Å². The van der Waals surface area contributed by atoms with Crippen molar-refractivity contribution < 1.29 is 5.11 Å². The zero-order chi connectivity index (χ0) is 16.6. The summed E-state index contributed by atoms with van der Waals surface area (Å²) in [5.74, 6) is 0. The number of nitrogens with two attached hydrogens (primary N) is 2. The summed E-state index contributed by atoms with van der Waals surface area (Å²) in [6.45, 7) is 1.30. The van der Waals surface area contributed by atoms with Gasteiger partial charge in [0.15, 0.2) is 0 Å². The molecule has 5 nitrogen and oxygen atoms in total. The lowest BCUT2D eigenvalue weighted by molar-refractivity contribution is 0.277. The second-order valence-corrected chi connectivity index (χ2v) is 6.43. The van der Waals surface area contributed by atoms with Gasteiger partial charge in [0.2, 0.25) is 0 Å². The number of benzene rings is 1. The highest BCUT2D eigenvalue weighted by Gasteiger charge is 2.25. The number of nitrogens with zero attached hydrogens (tertiary/aromatic N) is 2. The molecule has 1 aromatic carbocycles. The Kier molecular flexibility index (Phi) is 4.64. The van der Waals surface area contributed by atoms with Gasteiger partial charge in [0.25, 0.3) is 0 Å². The molecule has 3 rings (SSSR count). The maximum absolute atomic E-state index is 9.73. The van der Waals surface area contributed by atoms with Crippen molar-refractivity contribution in [2.45, 2.75) is 19.1 Å². The van der Waals surface area contributed by atoms with Crippen LogP contribution in [0.3, 0.4) is 0 Å². The zero-order valence-corrected chi connectivity index (χ0v) is 14.0. The van der Waals surface area contributed by atoms with Crippen molar-refractivity contribution in [2.75, 3.05) is 23.7 Å². The Morgan fingerprint density at radius 1 is 1.35 bits per heavy atom. The molecule has 5 N–H and O–H groups in total. The molecule has 23 heavy (non-hydrogen) atoms. The molecule has 7 heteroatoms. The third kappa shape index (κ3) is 3.10. The first-order valence-corrected chi connectivity index (χ1v) is 8.12. The van der Waals surface area contributed by atoms with Crippen LogP contribution in [-0.2, 0) is 6.61 Å². The van der Waals surface area contributed by atoms with E-state index in [2.05, 4.69) is 9.88 Å². The van der Waals surface area contributed by atoms with Crippen molar-refractivity contribution in [1.82, 2.24) is 4.98 Å². The van der Waals surface area contributed by atoms with E-state index >= 15 is 0 Å². The number of rotatable bonds is 3. The molecular formula is C16H18Cl2N4O. The summed E-state index contributed by atoms with van der Waals surface area (Å²) in [5.41, 5.74) is 15.3. The molecule has 1 saturated heterocycles. The number of halogens is 2. The van der Waals surface area contributed by atoms with Crippen LogP contribution in [0.4, 0.5) is 11.4 Å². The second-order valence-electron chi connectivity index (χ2n) is 5.65. The average Bonchev–Trinajstić information content (AvgIpc) is 2.95. The minimum Gasteiger partial charge on any atom is -0.397 e. The van der Waals surface area contributed by atoms with Gasteiger partial charge in [0.1, 0.15) is 0 Å². The Hall–Kier alpha value is -1.53. The number of anilines is 2. The molecule has 1 aromatic heterocycles. The van der Waals surface area contributed by atoms with E-state index < -0.39 is 0 Å². The Morgan fingerprint density at radius 2 is 2.13 bits per heavy atom. The van der Waals surface area contributed by atoms with Gasteiger partial charge in [-0.15, -0.1) is 0 Å². The average molecular weight is 353 g/mol. The van der Waals surface area contributed by atoms with Crippen molar-refractivity contribution in [1.29, 1.82) is 0 Å². The van der Waals surface area contributed by atoms with E-state index in [1.54, 1.807) is 18.2 Å². The Bertz CT molecular complexity index is 738. The number of aliphatic hydroxyl groups excluding tert-OH is 1. The normalized spacial score (nSPS) is 17.7. The first-order chi connectivity index (χ1) is 11.0. The lowest BCUT2D eigenvalue weighted by atomic mass is 10.1. The van der Waals surface area contributed by atoms with E-state index in [9.17, 15) is 5.11 Å². The molecule has 2 heterocycles. The molecule has 0 bridgehead atoms. The van der Waals surface area contributed by atoms with Gasteiger partial charge in [-0.1, -0.05) is 35.3 Å². The van der Waals surface area contributed by atoms with Crippen LogP contribution in [0.15, 0.2) is 24.3 Å². The van der Waals surface area contributed by atoms with Crippen LogP contribution < -0.4 is 16.4 Å². The predicted molar refractivity (Wildman–Crippen MR) is 94.8 cm³/mol. The number of aromatic nitrogens is 1. The minimum atomic E-state index is -0.211. The van der Waals surface area contributed by atoms with Crippen LogP contribution in [0.2, 0.25) is 10.0 Å². The van der Waals surface area contributed by atoms with E-state index in [-0.39, 0.29) is 12.6 Å². The Balaban J connectivity index is 2.08. The first-order valence-electron chi connectivity index (χ1n) is 7.36. The first kappa shape index (κ1) is 16.3. The number of aliphatic hydroxyl groups is 1. The lowest BCUT2D eigenvalue weighted by Gasteiger charge is -2.23. The number of nitrogen functional groups attached to an aromatic ring is 1. The summed E-state index contributed by atoms with van der Waals surface area (Å²) in [5, 5.41) is 10.6. The molecule has 2 aromatic rings. The van der Waals surface area contributed by atoms with Crippen LogP contribution in [0.25, 0.3) is 11.3 Å². The highest BCUT2D eigenvalue weighted by molar-refractivity contribution is 6.43. The smallest absolute Gasteiger partial charge is 0.0919 e. The number of hydrogen-bond donors (Lipinski definition) is 3. The molecule has 1 unspecified atom stereocenters. The van der Waals surface area contributed by atoms with Gasteiger partial charge >= 0.3 is 0 Å². The molecule has 1 aliphatic rings. The van der Waals surface area contributed by atoms with Crippen molar-refractivity contribution >= 4 is 34.6 Å². The largest absolute Gasteiger partial charge is 0.397 e. The van der Waals surface area contributed by atoms with E-state index in [1.807, 2.05) is 6.07 Å². The molecule has 1 atom stereocenters. The van der Waals surface area contributed by atoms with E-state index in [1.165, 1.54) is 0 Å². The maximum Gasteiger partial charge on any atom is 0.0919 e. The topological polar surface area (TPSA) is 88.4 Å². The molecule has 1 fully saturated rings. The highest BCUT2D eigenvalue weighted by Crippen LogP contribution is 2.37. The number of pyridine rings is 1. The van der Waals surface area contributed by atoms with E-state index in [0.717, 1.165) is 18.7 Å². The molecule has 0 spiro atoms. The van der Waals surface area contributed by atoms with Crippen molar-refractivity contribution in [3.8, 4) is 11.3 Å². The van der Waals surface area contributed by atoms with E-state index in [0.29, 0.717) is 39.2 Å². The fraction of sp³-hybridized carbons (Fsp3) is 0.312. The van der Waals surface area contributed by atoms with Crippen LogP contribution >= 0.6 is 23.2 Å². The maximum atomic E-state index is 9.73. The molecule has 122 valence electrons. The van der Waals surface area contributed by atoms with Gasteiger partial charge in [-0.3, -0.25) is 0 Å². The molecule has 0 saturated carbocycles. The van der Waals surface area contributed by atoms with Crippen LogP contribution in [-0.4, -0.2) is 29.2 Å².